The molecule has 0 radical (unpaired) electrons. The highest BCUT2D eigenvalue weighted by atomic mass is 14.6. The number of hydrogen-bond acceptors (Lipinski definition) is 1. The number of anilines is 1. The lowest BCUT2D eigenvalue weighted by atomic mass is 9.74. The molecule has 0 aliphatic rings. The summed E-state index contributed by atoms with van der Waals surface area (Å²) in [5, 5.41) is 0. The average molecular weight is 526 g/mol. The molecule has 1 nitrogen and oxygen atoms in total. The lowest BCUT2D eigenvalue weighted by Crippen LogP contribution is -2.19. The molecule has 39 heavy (non-hydrogen) atoms. The van der Waals surface area contributed by atoms with E-state index in [4.69, 9.17) is 5.73 Å². The summed E-state index contributed by atoms with van der Waals surface area (Å²) in [5.74, 6) is 0. The second kappa shape index (κ2) is 9.83. The van der Waals surface area contributed by atoms with Crippen molar-refractivity contribution < 1.29 is 0 Å². The summed E-state index contributed by atoms with van der Waals surface area (Å²) in [6, 6.07) is 18.7. The molecule has 0 saturated carbocycles. The molecule has 0 aliphatic carbocycles. The van der Waals surface area contributed by atoms with Gasteiger partial charge in [0.05, 0.1) is 0 Å². The fraction of sp³-hybridized carbons (Fsp3) is 0.526. The van der Waals surface area contributed by atoms with Gasteiger partial charge in [-0.05, 0) is 78.2 Å². The summed E-state index contributed by atoms with van der Waals surface area (Å²) in [6.07, 6.45) is 0. The molecule has 3 rings (SSSR count). The van der Waals surface area contributed by atoms with Crippen LogP contribution in [0, 0.1) is 0 Å². The third kappa shape index (κ3) is 6.62. The molecule has 212 valence electrons. The molecule has 0 heterocycles. The van der Waals surface area contributed by atoms with Gasteiger partial charge in [0.2, 0.25) is 0 Å². The van der Waals surface area contributed by atoms with Gasteiger partial charge in [-0.2, -0.15) is 0 Å². The van der Waals surface area contributed by atoms with Crippen LogP contribution in [0.3, 0.4) is 0 Å². The minimum absolute atomic E-state index is 0.0162. The lowest BCUT2D eigenvalue weighted by Gasteiger charge is -2.31. The van der Waals surface area contributed by atoms with Gasteiger partial charge in [-0.25, -0.2) is 0 Å². The lowest BCUT2D eigenvalue weighted by molar-refractivity contribution is 0.569. The topological polar surface area (TPSA) is 26.0 Å². The van der Waals surface area contributed by atoms with Gasteiger partial charge in [0.1, 0.15) is 0 Å². The van der Waals surface area contributed by atoms with Gasteiger partial charge in [0.15, 0.2) is 0 Å². The Morgan fingerprint density at radius 1 is 0.359 bits per heavy atom. The van der Waals surface area contributed by atoms with Gasteiger partial charge >= 0.3 is 0 Å². The van der Waals surface area contributed by atoms with E-state index >= 15 is 0 Å². The zero-order valence-electron chi connectivity index (χ0n) is 27.7. The molecule has 0 atom stereocenters. The Bertz CT molecular complexity index is 1250. The van der Waals surface area contributed by atoms with Crippen molar-refractivity contribution in [2.24, 2.45) is 0 Å². The molecule has 3 aromatic rings. The number of rotatable bonds is 2. The van der Waals surface area contributed by atoms with E-state index in [0.717, 1.165) is 16.8 Å². The summed E-state index contributed by atoms with van der Waals surface area (Å²) in [7, 11) is 0. The first-order chi connectivity index (χ1) is 17.4. The van der Waals surface area contributed by atoms with E-state index in [1.165, 1.54) is 38.9 Å². The van der Waals surface area contributed by atoms with E-state index in [1.54, 1.807) is 0 Å². The zero-order chi connectivity index (χ0) is 29.9. The van der Waals surface area contributed by atoms with E-state index in [-0.39, 0.29) is 27.1 Å². The number of nitrogens with two attached hydrogens (primary N) is 1. The highest BCUT2D eigenvalue weighted by Crippen LogP contribution is 2.46. The third-order valence-electron chi connectivity index (χ3n) is 8.01. The van der Waals surface area contributed by atoms with Crippen LogP contribution in [0.5, 0.6) is 0 Å². The molecule has 0 aromatic heterocycles. The Hall–Kier alpha value is -2.54. The van der Waals surface area contributed by atoms with Crippen LogP contribution in [0.15, 0.2) is 48.5 Å². The van der Waals surface area contributed by atoms with Crippen LogP contribution in [-0.2, 0) is 27.1 Å². The predicted octanol–water partition coefficient (Wildman–Crippen LogP) is 11.1. The Morgan fingerprint density at radius 2 is 0.667 bits per heavy atom. The SMILES string of the molecule is CC(C)(C)c1cc(-c2ccc(C(C)(C)C)cc2C(C)(C)C)c(N)c(-c2ccc(C(C)(C)C)cc2C(C)(C)C)c1. The van der Waals surface area contributed by atoms with Gasteiger partial charge in [-0.15, -0.1) is 0 Å². The Morgan fingerprint density at radius 3 is 0.923 bits per heavy atom. The van der Waals surface area contributed by atoms with E-state index in [2.05, 4.69) is 152 Å². The van der Waals surface area contributed by atoms with Crippen LogP contribution < -0.4 is 5.73 Å². The van der Waals surface area contributed by atoms with E-state index in [9.17, 15) is 0 Å². The van der Waals surface area contributed by atoms with Crippen LogP contribution in [0.4, 0.5) is 5.69 Å². The van der Waals surface area contributed by atoms with E-state index in [0.29, 0.717) is 0 Å². The van der Waals surface area contributed by atoms with Crippen molar-refractivity contribution in [3.8, 4) is 22.3 Å². The maximum atomic E-state index is 7.23. The van der Waals surface area contributed by atoms with E-state index < -0.39 is 0 Å². The summed E-state index contributed by atoms with van der Waals surface area (Å²) in [4.78, 5) is 0. The standard InChI is InChI=1S/C38H55N/c1-34(2,3)24-16-18-27(31(22-24)37(10,11)12)29-20-26(36(7,8)9)21-30(33(29)39)28-19-17-25(35(4,5)6)23-32(28)38(13,14)15/h16-23H,39H2,1-15H3. The van der Waals surface area contributed by atoms with Crippen LogP contribution >= 0.6 is 0 Å². The molecule has 0 aliphatic heterocycles. The largest absolute Gasteiger partial charge is 0.398 e. The summed E-state index contributed by atoms with van der Waals surface area (Å²) in [5.41, 5.74) is 19.7. The summed E-state index contributed by atoms with van der Waals surface area (Å²) < 4.78 is 0. The Labute approximate surface area is 240 Å². The molecule has 0 fully saturated rings. The fourth-order valence-corrected chi connectivity index (χ4v) is 5.26. The molecule has 0 bridgehead atoms. The maximum Gasteiger partial charge on any atom is 0.0473 e. The summed E-state index contributed by atoms with van der Waals surface area (Å²) >= 11 is 0. The molecule has 1 heteroatoms. The quantitative estimate of drug-likeness (QED) is 0.331. The second-order valence-corrected chi connectivity index (χ2v) is 16.8. The maximum absolute atomic E-state index is 7.23. The van der Waals surface area contributed by atoms with Crippen molar-refractivity contribution in [1.29, 1.82) is 0 Å². The van der Waals surface area contributed by atoms with Crippen molar-refractivity contribution >= 4 is 5.69 Å². The first kappa shape index (κ1) is 31.0. The van der Waals surface area contributed by atoms with Gasteiger partial charge < -0.3 is 5.73 Å². The number of nitrogen functional groups attached to an aromatic ring is 1. The predicted molar refractivity (Wildman–Crippen MR) is 175 cm³/mol. The highest BCUT2D eigenvalue weighted by molar-refractivity contribution is 5.92. The molecule has 2 N–H and O–H groups in total. The van der Waals surface area contributed by atoms with Crippen LogP contribution in [0.25, 0.3) is 22.3 Å². The van der Waals surface area contributed by atoms with E-state index in [1.807, 2.05) is 0 Å². The second-order valence-electron chi connectivity index (χ2n) is 16.8. The third-order valence-corrected chi connectivity index (χ3v) is 8.01. The van der Waals surface area contributed by atoms with Gasteiger partial charge in [-0.3, -0.25) is 0 Å². The number of benzene rings is 3. The van der Waals surface area contributed by atoms with Crippen LogP contribution in [-0.4, -0.2) is 0 Å². The molecule has 0 saturated heterocycles. The molecule has 3 aromatic carbocycles. The smallest absolute Gasteiger partial charge is 0.0473 e. The normalized spacial score (nSPS) is 13.6. The van der Waals surface area contributed by atoms with Gasteiger partial charge in [0, 0.05) is 16.8 Å². The summed E-state index contributed by atoms with van der Waals surface area (Å²) in [6.45, 7) is 34.5. The molecular formula is C38H55N. The van der Waals surface area contributed by atoms with Crippen molar-refractivity contribution in [3.63, 3.8) is 0 Å². The molecular weight excluding hydrogens is 470 g/mol. The molecule has 0 unspecified atom stereocenters. The first-order valence-electron chi connectivity index (χ1n) is 14.7. The Balaban J connectivity index is 2.47. The van der Waals surface area contributed by atoms with Crippen LogP contribution in [0.1, 0.15) is 132 Å². The van der Waals surface area contributed by atoms with Crippen molar-refractivity contribution in [2.45, 2.75) is 131 Å². The number of hydrogen-bond donors (Lipinski definition) is 1. The highest BCUT2D eigenvalue weighted by Gasteiger charge is 2.28. The van der Waals surface area contributed by atoms with Crippen LogP contribution in [0.2, 0.25) is 0 Å². The van der Waals surface area contributed by atoms with Crippen molar-refractivity contribution in [3.05, 3.63) is 76.3 Å². The average Bonchev–Trinajstić information content (AvgIpc) is 2.75. The zero-order valence-corrected chi connectivity index (χ0v) is 27.7. The van der Waals surface area contributed by atoms with Gasteiger partial charge in [0.25, 0.3) is 0 Å². The fourth-order valence-electron chi connectivity index (χ4n) is 5.26. The van der Waals surface area contributed by atoms with Crippen molar-refractivity contribution in [2.75, 3.05) is 5.73 Å². The Kier molecular flexibility index (Phi) is 7.81. The minimum atomic E-state index is -0.0220. The molecule has 0 spiro atoms. The minimum Gasteiger partial charge on any atom is -0.398 e. The monoisotopic (exact) mass is 525 g/mol. The van der Waals surface area contributed by atoms with Crippen molar-refractivity contribution in [1.82, 2.24) is 0 Å². The first-order valence-corrected chi connectivity index (χ1v) is 14.7. The molecule has 0 amide bonds. The van der Waals surface area contributed by atoms with Gasteiger partial charge in [-0.1, -0.05) is 140 Å².